The van der Waals surface area contributed by atoms with Crippen molar-refractivity contribution in [3.8, 4) is 0 Å². The van der Waals surface area contributed by atoms with Crippen molar-refractivity contribution >= 4 is 22.1 Å². The van der Waals surface area contributed by atoms with Crippen molar-refractivity contribution in [2.45, 2.75) is 25.8 Å². The topological polar surface area (TPSA) is 63.7 Å². The first kappa shape index (κ1) is 15.7. The van der Waals surface area contributed by atoms with Crippen LogP contribution in [-0.2, 0) is 19.6 Å². The van der Waals surface area contributed by atoms with Gasteiger partial charge in [0.25, 0.3) is 0 Å². The standard InChI is InChI=1S/C15H19NO4S/c1-2-20-15(17)12-16(14-8-9-14)21(18,19)11-10-13-6-4-3-5-7-13/h3-7,10-11,14H,2,8-9,12H2,1H3. The second-order valence-corrected chi connectivity index (χ2v) is 6.61. The molecule has 1 aromatic rings. The lowest BCUT2D eigenvalue weighted by atomic mass is 10.2. The van der Waals surface area contributed by atoms with Crippen molar-refractivity contribution in [2.75, 3.05) is 13.2 Å². The molecule has 0 bridgehead atoms. The Morgan fingerprint density at radius 3 is 2.57 bits per heavy atom. The molecule has 6 heteroatoms. The van der Waals surface area contributed by atoms with Gasteiger partial charge < -0.3 is 4.74 Å². The van der Waals surface area contributed by atoms with Gasteiger partial charge in [0.2, 0.25) is 10.0 Å². The van der Waals surface area contributed by atoms with Crippen molar-refractivity contribution in [2.24, 2.45) is 0 Å². The van der Waals surface area contributed by atoms with E-state index in [1.807, 2.05) is 30.3 Å². The molecule has 0 atom stereocenters. The number of sulfonamides is 1. The molecular formula is C15H19NO4S. The van der Waals surface area contributed by atoms with E-state index in [-0.39, 0.29) is 19.2 Å². The van der Waals surface area contributed by atoms with Crippen LogP contribution in [0.3, 0.4) is 0 Å². The minimum atomic E-state index is -3.62. The second kappa shape index (κ2) is 6.87. The summed E-state index contributed by atoms with van der Waals surface area (Å²) in [5, 5.41) is 1.15. The van der Waals surface area contributed by atoms with Gasteiger partial charge in [0, 0.05) is 11.4 Å². The maximum atomic E-state index is 12.4. The van der Waals surface area contributed by atoms with Crippen molar-refractivity contribution in [3.05, 3.63) is 41.3 Å². The molecule has 0 aliphatic heterocycles. The van der Waals surface area contributed by atoms with Gasteiger partial charge in [0.05, 0.1) is 6.61 Å². The van der Waals surface area contributed by atoms with Crippen LogP contribution in [0.5, 0.6) is 0 Å². The summed E-state index contributed by atoms with van der Waals surface area (Å²) in [5.74, 6) is -0.513. The molecule has 1 aliphatic rings. The van der Waals surface area contributed by atoms with Gasteiger partial charge in [-0.2, -0.15) is 4.31 Å². The number of esters is 1. The number of hydrogen-bond donors (Lipinski definition) is 0. The number of carbonyl (C=O) groups excluding carboxylic acids is 1. The molecule has 5 nitrogen and oxygen atoms in total. The molecule has 0 N–H and O–H groups in total. The molecule has 114 valence electrons. The fourth-order valence-corrected chi connectivity index (χ4v) is 3.33. The van der Waals surface area contributed by atoms with Gasteiger partial charge in [0.15, 0.2) is 0 Å². The summed E-state index contributed by atoms with van der Waals surface area (Å²) in [6.45, 7) is 1.72. The predicted octanol–water partition coefficient (Wildman–Crippen LogP) is 2.01. The summed E-state index contributed by atoms with van der Waals surface area (Å²) in [6, 6.07) is 9.09. The van der Waals surface area contributed by atoms with E-state index in [9.17, 15) is 13.2 Å². The van der Waals surface area contributed by atoms with Crippen LogP contribution in [0.25, 0.3) is 6.08 Å². The van der Waals surface area contributed by atoms with Crippen LogP contribution in [0.1, 0.15) is 25.3 Å². The molecule has 1 saturated carbocycles. The van der Waals surface area contributed by atoms with E-state index in [1.165, 1.54) is 10.4 Å². The Hall–Kier alpha value is -1.66. The Balaban J connectivity index is 2.11. The maximum Gasteiger partial charge on any atom is 0.321 e. The molecule has 1 aromatic carbocycles. The van der Waals surface area contributed by atoms with E-state index >= 15 is 0 Å². The monoisotopic (exact) mass is 309 g/mol. The lowest BCUT2D eigenvalue weighted by Crippen LogP contribution is -2.37. The van der Waals surface area contributed by atoms with Crippen molar-refractivity contribution < 1.29 is 17.9 Å². The molecule has 0 heterocycles. The van der Waals surface area contributed by atoms with Crippen LogP contribution in [-0.4, -0.2) is 37.9 Å². The zero-order valence-electron chi connectivity index (χ0n) is 11.9. The van der Waals surface area contributed by atoms with Gasteiger partial charge in [-0.25, -0.2) is 8.42 Å². The first-order valence-electron chi connectivity index (χ1n) is 6.93. The van der Waals surface area contributed by atoms with Crippen LogP contribution in [0, 0.1) is 0 Å². The average molecular weight is 309 g/mol. The first-order chi connectivity index (χ1) is 10.0. The number of carbonyl (C=O) groups is 1. The highest BCUT2D eigenvalue weighted by atomic mass is 32.2. The van der Waals surface area contributed by atoms with E-state index in [0.717, 1.165) is 23.8 Å². The van der Waals surface area contributed by atoms with E-state index in [1.54, 1.807) is 6.92 Å². The summed E-state index contributed by atoms with van der Waals surface area (Å²) >= 11 is 0. The van der Waals surface area contributed by atoms with Crippen LogP contribution in [0.4, 0.5) is 0 Å². The highest BCUT2D eigenvalue weighted by molar-refractivity contribution is 7.92. The number of ether oxygens (including phenoxy) is 1. The molecule has 1 fully saturated rings. The smallest absolute Gasteiger partial charge is 0.321 e. The fraction of sp³-hybridized carbons (Fsp3) is 0.400. The molecule has 1 aliphatic carbocycles. The predicted molar refractivity (Wildman–Crippen MR) is 80.8 cm³/mol. The maximum absolute atomic E-state index is 12.4. The third-order valence-corrected chi connectivity index (χ3v) is 4.66. The third-order valence-electron chi connectivity index (χ3n) is 3.10. The minimum Gasteiger partial charge on any atom is -0.465 e. The average Bonchev–Trinajstić information content (AvgIpc) is 3.28. The van der Waals surface area contributed by atoms with E-state index in [0.29, 0.717) is 0 Å². The lowest BCUT2D eigenvalue weighted by molar-refractivity contribution is -0.143. The Labute approximate surface area is 125 Å². The van der Waals surface area contributed by atoms with E-state index < -0.39 is 16.0 Å². The zero-order chi connectivity index (χ0) is 15.3. The highest BCUT2D eigenvalue weighted by Gasteiger charge is 2.37. The van der Waals surface area contributed by atoms with Gasteiger partial charge in [-0.1, -0.05) is 30.3 Å². The summed E-state index contributed by atoms with van der Waals surface area (Å²) < 4.78 is 30.8. The minimum absolute atomic E-state index is 0.0835. The van der Waals surface area contributed by atoms with Crippen molar-refractivity contribution in [3.63, 3.8) is 0 Å². The molecule has 0 spiro atoms. The number of rotatable bonds is 7. The van der Waals surface area contributed by atoms with Gasteiger partial charge in [-0.05, 0) is 31.4 Å². The van der Waals surface area contributed by atoms with Gasteiger partial charge in [-0.15, -0.1) is 0 Å². The summed E-state index contributed by atoms with van der Waals surface area (Å²) in [7, 11) is -3.62. The van der Waals surface area contributed by atoms with Gasteiger partial charge in [-0.3, -0.25) is 4.79 Å². The molecule has 0 saturated heterocycles. The Morgan fingerprint density at radius 1 is 1.33 bits per heavy atom. The number of hydrogen-bond acceptors (Lipinski definition) is 4. The molecule has 21 heavy (non-hydrogen) atoms. The van der Waals surface area contributed by atoms with Crippen LogP contribution in [0.2, 0.25) is 0 Å². The summed E-state index contributed by atoms with van der Waals surface area (Å²) in [4.78, 5) is 11.6. The number of nitrogens with zero attached hydrogens (tertiary/aromatic N) is 1. The largest absolute Gasteiger partial charge is 0.465 e. The Morgan fingerprint density at radius 2 is 2.00 bits per heavy atom. The van der Waals surface area contributed by atoms with Gasteiger partial charge >= 0.3 is 5.97 Å². The van der Waals surface area contributed by atoms with Crippen LogP contribution in [0.15, 0.2) is 35.7 Å². The normalized spacial score (nSPS) is 15.5. The molecule has 0 aromatic heterocycles. The SMILES string of the molecule is CCOC(=O)CN(C1CC1)S(=O)(=O)C=Cc1ccccc1. The zero-order valence-corrected chi connectivity index (χ0v) is 12.8. The quantitative estimate of drug-likeness (QED) is 0.723. The fourth-order valence-electron chi connectivity index (χ4n) is 1.93. The molecule has 2 rings (SSSR count). The highest BCUT2D eigenvalue weighted by Crippen LogP contribution is 2.29. The summed E-state index contributed by atoms with van der Waals surface area (Å²) in [6.07, 6.45) is 3.12. The lowest BCUT2D eigenvalue weighted by Gasteiger charge is -2.18. The molecule has 0 unspecified atom stereocenters. The number of benzene rings is 1. The van der Waals surface area contributed by atoms with Crippen LogP contribution >= 0.6 is 0 Å². The second-order valence-electron chi connectivity index (χ2n) is 4.84. The Kier molecular flexibility index (Phi) is 5.14. The third kappa shape index (κ3) is 4.68. The summed E-state index contributed by atoms with van der Waals surface area (Å²) in [5.41, 5.74) is 0.799. The Bertz CT molecular complexity index is 606. The van der Waals surface area contributed by atoms with Crippen LogP contribution < -0.4 is 0 Å². The van der Waals surface area contributed by atoms with E-state index in [4.69, 9.17) is 4.74 Å². The molecular weight excluding hydrogens is 290 g/mol. The molecule has 0 radical (unpaired) electrons. The van der Waals surface area contributed by atoms with Gasteiger partial charge in [0.1, 0.15) is 6.54 Å². The van der Waals surface area contributed by atoms with E-state index in [2.05, 4.69) is 0 Å². The van der Waals surface area contributed by atoms with Crippen molar-refractivity contribution in [1.82, 2.24) is 4.31 Å². The first-order valence-corrected chi connectivity index (χ1v) is 8.44. The molecule has 0 amide bonds. The van der Waals surface area contributed by atoms with Crippen molar-refractivity contribution in [1.29, 1.82) is 0 Å².